The molecule has 0 aromatic heterocycles. The summed E-state index contributed by atoms with van der Waals surface area (Å²) in [5, 5.41) is 5.65. The van der Waals surface area contributed by atoms with Crippen molar-refractivity contribution in [2.75, 3.05) is 10.6 Å². The van der Waals surface area contributed by atoms with Gasteiger partial charge in [-0.2, -0.15) is 0 Å². The van der Waals surface area contributed by atoms with E-state index in [0.717, 1.165) is 9.26 Å². The zero-order valence-corrected chi connectivity index (χ0v) is 15.4. The quantitative estimate of drug-likeness (QED) is 0.571. The molecule has 0 heterocycles. The highest BCUT2D eigenvalue weighted by Crippen LogP contribution is 2.15. The fourth-order valence-corrected chi connectivity index (χ4v) is 2.59. The van der Waals surface area contributed by atoms with Crippen LogP contribution in [0.25, 0.3) is 0 Å². The number of carbonyl (C=O) groups is 2. The highest BCUT2D eigenvalue weighted by Gasteiger charge is 2.08. The molecular formula is C20H15IN2O2. The van der Waals surface area contributed by atoms with Gasteiger partial charge in [0.15, 0.2) is 0 Å². The molecule has 0 unspecified atom stereocenters. The largest absolute Gasteiger partial charge is 0.322 e. The van der Waals surface area contributed by atoms with Crippen molar-refractivity contribution < 1.29 is 9.59 Å². The van der Waals surface area contributed by atoms with Crippen LogP contribution >= 0.6 is 22.6 Å². The second-order valence-electron chi connectivity index (χ2n) is 5.36. The molecule has 3 rings (SSSR count). The Morgan fingerprint density at radius 2 is 1.04 bits per heavy atom. The van der Waals surface area contributed by atoms with Crippen molar-refractivity contribution in [3.8, 4) is 0 Å². The van der Waals surface area contributed by atoms with Crippen molar-refractivity contribution in [3.05, 3.63) is 93.6 Å². The summed E-state index contributed by atoms with van der Waals surface area (Å²) in [4.78, 5) is 24.4. The van der Waals surface area contributed by atoms with Crippen LogP contribution in [0.5, 0.6) is 0 Å². The van der Waals surface area contributed by atoms with E-state index < -0.39 is 0 Å². The number of rotatable bonds is 4. The van der Waals surface area contributed by atoms with Crippen LogP contribution < -0.4 is 10.6 Å². The third-order valence-corrected chi connectivity index (χ3v) is 4.26. The van der Waals surface area contributed by atoms with Crippen molar-refractivity contribution in [3.63, 3.8) is 0 Å². The van der Waals surface area contributed by atoms with E-state index in [0.29, 0.717) is 16.8 Å². The summed E-state index contributed by atoms with van der Waals surface area (Å²) < 4.78 is 1.11. The minimum atomic E-state index is -0.192. The molecule has 3 aromatic rings. The minimum Gasteiger partial charge on any atom is -0.322 e. The Kier molecular flexibility index (Phi) is 5.45. The van der Waals surface area contributed by atoms with E-state index in [9.17, 15) is 9.59 Å². The van der Waals surface area contributed by atoms with Crippen LogP contribution in [0, 0.1) is 3.57 Å². The predicted octanol–water partition coefficient (Wildman–Crippen LogP) is 4.80. The van der Waals surface area contributed by atoms with Crippen molar-refractivity contribution in [1.29, 1.82) is 0 Å². The molecule has 5 heteroatoms. The van der Waals surface area contributed by atoms with E-state index in [1.807, 2.05) is 42.5 Å². The van der Waals surface area contributed by atoms with Gasteiger partial charge >= 0.3 is 0 Å². The van der Waals surface area contributed by atoms with Gasteiger partial charge in [0.2, 0.25) is 0 Å². The lowest BCUT2D eigenvalue weighted by atomic mass is 10.1. The number of benzene rings is 3. The average molecular weight is 442 g/mol. The SMILES string of the molecule is O=C(Nc1ccc(C(=O)Nc2ccc(I)cc2)cc1)c1ccccc1. The fourth-order valence-electron chi connectivity index (χ4n) is 2.23. The van der Waals surface area contributed by atoms with E-state index in [1.165, 1.54) is 0 Å². The van der Waals surface area contributed by atoms with E-state index >= 15 is 0 Å². The van der Waals surface area contributed by atoms with Crippen LogP contribution in [-0.2, 0) is 0 Å². The summed E-state index contributed by atoms with van der Waals surface area (Å²) in [7, 11) is 0. The molecule has 0 radical (unpaired) electrons. The van der Waals surface area contributed by atoms with Gasteiger partial charge in [-0.05, 0) is 83.3 Å². The molecule has 0 aliphatic rings. The molecule has 0 aliphatic carbocycles. The highest BCUT2D eigenvalue weighted by atomic mass is 127. The lowest BCUT2D eigenvalue weighted by Gasteiger charge is -2.08. The lowest BCUT2D eigenvalue weighted by molar-refractivity contribution is 0.102. The Bertz CT molecular complexity index is 876. The molecule has 0 aliphatic heterocycles. The molecule has 124 valence electrons. The Morgan fingerprint density at radius 1 is 0.600 bits per heavy atom. The smallest absolute Gasteiger partial charge is 0.255 e. The zero-order valence-electron chi connectivity index (χ0n) is 13.2. The van der Waals surface area contributed by atoms with Gasteiger partial charge in [-0.1, -0.05) is 18.2 Å². The normalized spacial score (nSPS) is 10.1. The van der Waals surface area contributed by atoms with Crippen molar-refractivity contribution in [1.82, 2.24) is 0 Å². The van der Waals surface area contributed by atoms with Gasteiger partial charge in [-0.25, -0.2) is 0 Å². The van der Waals surface area contributed by atoms with E-state index in [4.69, 9.17) is 0 Å². The molecule has 0 saturated carbocycles. The third-order valence-electron chi connectivity index (χ3n) is 3.54. The van der Waals surface area contributed by atoms with Crippen LogP contribution in [0.4, 0.5) is 11.4 Å². The summed E-state index contributed by atoms with van der Waals surface area (Å²) in [6, 6.07) is 23.3. The van der Waals surface area contributed by atoms with Crippen LogP contribution in [0.15, 0.2) is 78.9 Å². The van der Waals surface area contributed by atoms with E-state index in [-0.39, 0.29) is 11.8 Å². The maximum atomic E-state index is 12.3. The molecule has 0 bridgehead atoms. The maximum absolute atomic E-state index is 12.3. The van der Waals surface area contributed by atoms with Crippen molar-refractivity contribution >= 4 is 45.8 Å². The number of carbonyl (C=O) groups excluding carboxylic acids is 2. The van der Waals surface area contributed by atoms with Gasteiger partial charge < -0.3 is 10.6 Å². The number of anilines is 2. The molecule has 3 aromatic carbocycles. The number of hydrogen-bond acceptors (Lipinski definition) is 2. The van der Waals surface area contributed by atoms with Crippen LogP contribution in [-0.4, -0.2) is 11.8 Å². The van der Waals surface area contributed by atoms with Gasteiger partial charge in [-0.15, -0.1) is 0 Å². The summed E-state index contributed by atoms with van der Waals surface area (Å²) in [6.07, 6.45) is 0. The van der Waals surface area contributed by atoms with Crippen LogP contribution in [0.3, 0.4) is 0 Å². The van der Waals surface area contributed by atoms with Gasteiger partial charge in [0.05, 0.1) is 0 Å². The topological polar surface area (TPSA) is 58.2 Å². The summed E-state index contributed by atoms with van der Waals surface area (Å²) in [6.45, 7) is 0. The second-order valence-corrected chi connectivity index (χ2v) is 6.60. The second kappa shape index (κ2) is 7.94. The minimum absolute atomic E-state index is 0.184. The number of amides is 2. The Balaban J connectivity index is 1.64. The zero-order chi connectivity index (χ0) is 17.6. The Hall–Kier alpha value is -2.67. The van der Waals surface area contributed by atoms with Crippen LogP contribution in [0.1, 0.15) is 20.7 Å². The van der Waals surface area contributed by atoms with Gasteiger partial charge in [-0.3, -0.25) is 9.59 Å². The molecule has 4 nitrogen and oxygen atoms in total. The van der Waals surface area contributed by atoms with E-state index in [2.05, 4.69) is 33.2 Å². The monoisotopic (exact) mass is 442 g/mol. The summed E-state index contributed by atoms with van der Waals surface area (Å²) in [5.74, 6) is -0.376. The predicted molar refractivity (Wildman–Crippen MR) is 108 cm³/mol. The van der Waals surface area contributed by atoms with Gasteiger partial charge in [0, 0.05) is 26.1 Å². The number of halogens is 1. The molecule has 0 atom stereocenters. The molecule has 2 N–H and O–H groups in total. The summed E-state index contributed by atoms with van der Waals surface area (Å²) >= 11 is 2.21. The highest BCUT2D eigenvalue weighted by molar-refractivity contribution is 14.1. The first-order valence-electron chi connectivity index (χ1n) is 7.65. The van der Waals surface area contributed by atoms with Crippen molar-refractivity contribution in [2.24, 2.45) is 0 Å². The lowest BCUT2D eigenvalue weighted by Crippen LogP contribution is -2.13. The standard InChI is InChI=1S/C20H15IN2O2/c21-16-8-12-18(13-9-16)23-20(25)15-6-10-17(11-7-15)22-19(24)14-4-2-1-3-5-14/h1-13H,(H,22,24)(H,23,25). The van der Waals surface area contributed by atoms with Gasteiger partial charge in [0.1, 0.15) is 0 Å². The fraction of sp³-hybridized carbons (Fsp3) is 0. The molecule has 0 spiro atoms. The molecule has 2 amide bonds. The first-order valence-corrected chi connectivity index (χ1v) is 8.73. The average Bonchev–Trinajstić information content (AvgIpc) is 2.65. The Labute approximate surface area is 159 Å². The first kappa shape index (κ1) is 17.2. The molecular weight excluding hydrogens is 427 g/mol. The molecule has 0 saturated heterocycles. The molecule has 25 heavy (non-hydrogen) atoms. The van der Waals surface area contributed by atoms with E-state index in [1.54, 1.807) is 36.4 Å². The van der Waals surface area contributed by atoms with Crippen molar-refractivity contribution in [2.45, 2.75) is 0 Å². The first-order chi connectivity index (χ1) is 12.1. The number of nitrogens with one attached hydrogen (secondary N) is 2. The maximum Gasteiger partial charge on any atom is 0.255 e. The Morgan fingerprint density at radius 3 is 1.56 bits per heavy atom. The number of hydrogen-bond donors (Lipinski definition) is 2. The van der Waals surface area contributed by atoms with Crippen LogP contribution in [0.2, 0.25) is 0 Å². The molecule has 0 fully saturated rings. The van der Waals surface area contributed by atoms with Gasteiger partial charge in [0.25, 0.3) is 11.8 Å². The summed E-state index contributed by atoms with van der Waals surface area (Å²) in [5.41, 5.74) is 2.49. The third kappa shape index (κ3) is 4.67.